The number of amides is 4. The highest BCUT2D eigenvalue weighted by molar-refractivity contribution is 6.09. The molecular formula is C20H27N3O3. The van der Waals surface area contributed by atoms with Gasteiger partial charge in [0.15, 0.2) is 0 Å². The molecule has 1 aromatic rings. The summed E-state index contributed by atoms with van der Waals surface area (Å²) in [6.45, 7) is 7.36. The van der Waals surface area contributed by atoms with Gasteiger partial charge in [-0.1, -0.05) is 32.0 Å². The zero-order chi connectivity index (χ0) is 19.1. The molecule has 6 nitrogen and oxygen atoms in total. The van der Waals surface area contributed by atoms with Crippen molar-refractivity contribution in [1.29, 1.82) is 0 Å². The van der Waals surface area contributed by atoms with Crippen molar-refractivity contribution in [1.82, 2.24) is 15.5 Å². The van der Waals surface area contributed by atoms with Gasteiger partial charge in [0, 0.05) is 6.04 Å². The van der Waals surface area contributed by atoms with Crippen LogP contribution in [0.4, 0.5) is 4.79 Å². The van der Waals surface area contributed by atoms with Gasteiger partial charge in [-0.15, -0.1) is 0 Å². The van der Waals surface area contributed by atoms with Gasteiger partial charge < -0.3 is 10.6 Å². The van der Waals surface area contributed by atoms with Crippen LogP contribution in [0.1, 0.15) is 50.8 Å². The third kappa shape index (κ3) is 3.20. The maximum atomic E-state index is 13.0. The van der Waals surface area contributed by atoms with Crippen molar-refractivity contribution >= 4 is 17.8 Å². The Kier molecular flexibility index (Phi) is 4.78. The summed E-state index contributed by atoms with van der Waals surface area (Å²) in [5, 5.41) is 5.61. The number of hydrogen-bond acceptors (Lipinski definition) is 3. The molecule has 2 unspecified atom stereocenters. The highest BCUT2D eigenvalue weighted by Gasteiger charge is 2.49. The number of urea groups is 1. The number of carbonyl (C=O) groups is 3. The summed E-state index contributed by atoms with van der Waals surface area (Å²) >= 11 is 0. The smallest absolute Gasteiger partial charge is 0.325 e. The van der Waals surface area contributed by atoms with E-state index >= 15 is 0 Å². The fraction of sp³-hybridized carbons (Fsp3) is 0.550. The van der Waals surface area contributed by atoms with Gasteiger partial charge in [0.25, 0.3) is 5.91 Å². The van der Waals surface area contributed by atoms with E-state index in [1.54, 1.807) is 6.92 Å². The van der Waals surface area contributed by atoms with Crippen LogP contribution in [0, 0.1) is 5.92 Å². The number of carbonyl (C=O) groups excluding carboxylic acids is 3. The molecule has 2 N–H and O–H groups in total. The maximum Gasteiger partial charge on any atom is 0.325 e. The summed E-state index contributed by atoms with van der Waals surface area (Å²) in [6.07, 6.45) is 3.18. The first-order chi connectivity index (χ1) is 12.2. The molecule has 1 fully saturated rings. The minimum Gasteiger partial charge on any atom is -0.352 e. The lowest BCUT2D eigenvalue weighted by Gasteiger charge is -2.23. The molecule has 2 atom stereocenters. The molecule has 1 aliphatic carbocycles. The normalized spacial score (nSPS) is 23.2. The number of aryl methyl sites for hydroxylation is 2. The molecule has 0 bridgehead atoms. The van der Waals surface area contributed by atoms with Crippen LogP contribution in [0.15, 0.2) is 18.2 Å². The topological polar surface area (TPSA) is 78.5 Å². The van der Waals surface area contributed by atoms with Crippen molar-refractivity contribution < 1.29 is 14.4 Å². The number of fused-ring (bicyclic) bond motifs is 1. The summed E-state index contributed by atoms with van der Waals surface area (Å²) in [6, 6.07) is 5.43. The van der Waals surface area contributed by atoms with Gasteiger partial charge in [-0.2, -0.15) is 0 Å². The van der Waals surface area contributed by atoms with Gasteiger partial charge in [-0.05, 0) is 55.7 Å². The minimum atomic E-state index is -1.13. The third-order valence-electron chi connectivity index (χ3n) is 5.64. The van der Waals surface area contributed by atoms with Crippen LogP contribution in [0.2, 0.25) is 0 Å². The van der Waals surface area contributed by atoms with E-state index in [4.69, 9.17) is 0 Å². The molecule has 4 amide bonds. The Balaban J connectivity index is 1.77. The molecule has 0 spiro atoms. The van der Waals surface area contributed by atoms with E-state index in [1.165, 1.54) is 11.1 Å². The molecule has 1 saturated heterocycles. The Morgan fingerprint density at radius 3 is 2.62 bits per heavy atom. The maximum absolute atomic E-state index is 13.0. The lowest BCUT2D eigenvalue weighted by Crippen LogP contribution is -2.46. The molecule has 140 valence electrons. The van der Waals surface area contributed by atoms with Crippen molar-refractivity contribution in [2.75, 3.05) is 6.54 Å². The molecule has 3 rings (SSSR count). The average molecular weight is 357 g/mol. The Morgan fingerprint density at radius 1 is 1.23 bits per heavy atom. The van der Waals surface area contributed by atoms with Crippen molar-refractivity contribution in [3.63, 3.8) is 0 Å². The molecular weight excluding hydrogens is 330 g/mol. The molecule has 1 heterocycles. The van der Waals surface area contributed by atoms with Crippen molar-refractivity contribution in [2.45, 2.75) is 58.5 Å². The van der Waals surface area contributed by atoms with Gasteiger partial charge in [0.2, 0.25) is 5.91 Å². The fourth-order valence-electron chi connectivity index (χ4n) is 3.53. The number of hydrogen-bond donors (Lipinski definition) is 2. The fourth-order valence-corrected chi connectivity index (χ4v) is 3.53. The quantitative estimate of drug-likeness (QED) is 0.792. The molecule has 0 radical (unpaired) electrons. The SMILES string of the molecule is CC(C)C(C)NC(=O)CN1C(=O)NC(C)(c2ccc3c(c2)CCC3)C1=O. The summed E-state index contributed by atoms with van der Waals surface area (Å²) < 4.78 is 0. The number of imide groups is 1. The van der Waals surface area contributed by atoms with Crippen LogP contribution in [0.25, 0.3) is 0 Å². The van der Waals surface area contributed by atoms with Crippen molar-refractivity contribution in [3.8, 4) is 0 Å². The second kappa shape index (κ2) is 6.74. The summed E-state index contributed by atoms with van der Waals surface area (Å²) in [4.78, 5) is 38.6. The van der Waals surface area contributed by atoms with Crippen LogP contribution in [0.3, 0.4) is 0 Å². The zero-order valence-corrected chi connectivity index (χ0v) is 15.9. The average Bonchev–Trinajstić information content (AvgIpc) is 3.13. The minimum absolute atomic E-state index is 0.0219. The molecule has 0 saturated carbocycles. The third-order valence-corrected chi connectivity index (χ3v) is 5.64. The van der Waals surface area contributed by atoms with Gasteiger partial charge in [0.05, 0.1) is 0 Å². The largest absolute Gasteiger partial charge is 0.352 e. The van der Waals surface area contributed by atoms with Crippen LogP contribution in [0.5, 0.6) is 0 Å². The molecule has 0 aromatic heterocycles. The van der Waals surface area contributed by atoms with Gasteiger partial charge in [0.1, 0.15) is 12.1 Å². The van der Waals surface area contributed by atoms with E-state index in [2.05, 4.69) is 10.6 Å². The highest BCUT2D eigenvalue weighted by Crippen LogP contribution is 2.32. The number of nitrogens with zero attached hydrogens (tertiary/aromatic N) is 1. The van der Waals surface area contributed by atoms with Crippen LogP contribution >= 0.6 is 0 Å². The van der Waals surface area contributed by atoms with Crippen LogP contribution in [-0.4, -0.2) is 35.3 Å². The van der Waals surface area contributed by atoms with Gasteiger partial charge in [-0.3, -0.25) is 14.5 Å². The second-order valence-electron chi connectivity index (χ2n) is 7.88. The Morgan fingerprint density at radius 2 is 1.92 bits per heavy atom. The Labute approximate surface area is 154 Å². The van der Waals surface area contributed by atoms with Gasteiger partial charge >= 0.3 is 6.03 Å². The van der Waals surface area contributed by atoms with E-state index in [0.29, 0.717) is 0 Å². The molecule has 1 aliphatic heterocycles. The number of benzene rings is 1. The van der Waals surface area contributed by atoms with Crippen molar-refractivity contribution in [2.24, 2.45) is 5.92 Å². The number of rotatable bonds is 5. The van der Waals surface area contributed by atoms with E-state index in [9.17, 15) is 14.4 Å². The molecule has 1 aromatic carbocycles. The Hall–Kier alpha value is -2.37. The van der Waals surface area contributed by atoms with E-state index in [-0.39, 0.29) is 30.3 Å². The first kappa shape index (κ1) is 18.4. The predicted molar refractivity (Wildman–Crippen MR) is 98.5 cm³/mol. The van der Waals surface area contributed by atoms with Gasteiger partial charge in [-0.25, -0.2) is 4.79 Å². The zero-order valence-electron chi connectivity index (χ0n) is 15.9. The molecule has 2 aliphatic rings. The molecule has 26 heavy (non-hydrogen) atoms. The predicted octanol–water partition coefficient (Wildman–Crippen LogP) is 2.10. The van der Waals surface area contributed by atoms with Crippen molar-refractivity contribution in [3.05, 3.63) is 34.9 Å². The van der Waals surface area contributed by atoms with E-state index in [0.717, 1.165) is 29.7 Å². The molecule has 6 heteroatoms. The van der Waals surface area contributed by atoms with E-state index < -0.39 is 11.6 Å². The first-order valence-electron chi connectivity index (χ1n) is 9.28. The van der Waals surface area contributed by atoms with Crippen LogP contribution in [-0.2, 0) is 28.0 Å². The lowest BCUT2D eigenvalue weighted by atomic mass is 9.89. The van der Waals surface area contributed by atoms with Crippen LogP contribution < -0.4 is 10.6 Å². The monoisotopic (exact) mass is 357 g/mol. The summed E-state index contributed by atoms with van der Waals surface area (Å²) in [5.74, 6) is -0.431. The number of nitrogens with one attached hydrogen (secondary N) is 2. The summed E-state index contributed by atoms with van der Waals surface area (Å²) in [5.41, 5.74) is 2.20. The lowest BCUT2D eigenvalue weighted by molar-refractivity contribution is -0.135. The second-order valence-corrected chi connectivity index (χ2v) is 7.88. The van der Waals surface area contributed by atoms with E-state index in [1.807, 2.05) is 39.0 Å². The first-order valence-corrected chi connectivity index (χ1v) is 9.28. The standard InChI is InChI=1S/C20H27N3O3/c1-12(2)13(3)21-17(24)11-23-18(25)20(4,22-19(23)26)16-9-8-14-6-5-7-15(14)10-16/h8-10,12-13H,5-7,11H2,1-4H3,(H,21,24)(H,22,26). The Bertz CT molecular complexity index is 759. The summed E-state index contributed by atoms with van der Waals surface area (Å²) in [7, 11) is 0. The highest BCUT2D eigenvalue weighted by atomic mass is 16.2.